The number of aromatic nitrogens is 1. The number of halogens is 4. The molecule has 3 aromatic rings. The van der Waals surface area contributed by atoms with E-state index >= 15 is 0 Å². The Kier molecular flexibility index (Phi) is 8.47. The summed E-state index contributed by atoms with van der Waals surface area (Å²) in [6.07, 6.45) is 2.10. The van der Waals surface area contributed by atoms with Crippen LogP contribution in [0.4, 0.5) is 17.6 Å². The van der Waals surface area contributed by atoms with Gasteiger partial charge in [-0.2, -0.15) is 0 Å². The fourth-order valence-corrected chi connectivity index (χ4v) is 6.47. The normalized spacial score (nSPS) is 22.2. The fraction of sp³-hybridized carbons (Fsp3) is 0.394. The standard InChI is InChI=1S/C33H34F4N4O5/c1-18-9-10-32(2,13-26(42)39(4)15-19-5-7-20(34)8-6-19)33(3)17-40(18)31(46)27-29(44)28(43)23(16-41(27)33)30(45)38-14-22-24(36)11-21(35)12-25(22)37/h5-8,11-12,16,18,44H,9-10,13-15,17H2,1-4H3,(H,38,45). The molecule has 2 aromatic carbocycles. The first-order valence-corrected chi connectivity index (χ1v) is 14.8. The number of carbonyl (C=O) groups is 3. The number of nitrogens with zero attached hydrogens (tertiary/aromatic N) is 3. The molecule has 3 heterocycles. The summed E-state index contributed by atoms with van der Waals surface area (Å²) in [4.78, 5) is 56.9. The summed E-state index contributed by atoms with van der Waals surface area (Å²) in [7, 11) is 1.62. The van der Waals surface area contributed by atoms with Crippen LogP contribution >= 0.6 is 0 Å². The highest BCUT2D eigenvalue weighted by molar-refractivity contribution is 5.99. The average molecular weight is 643 g/mol. The van der Waals surface area contributed by atoms with Crippen LogP contribution in [0.5, 0.6) is 5.75 Å². The van der Waals surface area contributed by atoms with Crippen LogP contribution in [0.25, 0.3) is 0 Å². The molecular weight excluding hydrogens is 608 g/mol. The first-order chi connectivity index (χ1) is 21.6. The summed E-state index contributed by atoms with van der Waals surface area (Å²) in [6.45, 7) is 5.09. The number of rotatable bonds is 7. The Morgan fingerprint density at radius 2 is 1.67 bits per heavy atom. The summed E-state index contributed by atoms with van der Waals surface area (Å²) in [6, 6.07) is 6.39. The molecule has 0 radical (unpaired) electrons. The highest BCUT2D eigenvalue weighted by atomic mass is 19.1. The van der Waals surface area contributed by atoms with Crippen LogP contribution in [-0.2, 0) is 23.4 Å². The second kappa shape index (κ2) is 11.9. The number of aromatic hydroxyl groups is 1. The quantitative estimate of drug-likeness (QED) is 0.370. The van der Waals surface area contributed by atoms with E-state index in [1.54, 1.807) is 31.0 Å². The van der Waals surface area contributed by atoms with E-state index in [9.17, 15) is 41.8 Å². The van der Waals surface area contributed by atoms with E-state index < -0.39 is 74.9 Å². The van der Waals surface area contributed by atoms with E-state index in [2.05, 4.69) is 5.32 Å². The Bertz CT molecular complexity index is 1770. The van der Waals surface area contributed by atoms with Crippen molar-refractivity contribution in [1.29, 1.82) is 0 Å². The maximum Gasteiger partial charge on any atom is 0.274 e. The molecule has 1 fully saturated rings. The number of carbonyl (C=O) groups excluding carboxylic acids is 3. The summed E-state index contributed by atoms with van der Waals surface area (Å²) >= 11 is 0. The van der Waals surface area contributed by atoms with Crippen molar-refractivity contribution in [2.75, 3.05) is 13.6 Å². The molecule has 244 valence electrons. The van der Waals surface area contributed by atoms with Crippen LogP contribution < -0.4 is 10.7 Å². The maximum absolute atomic E-state index is 14.2. The number of fused-ring (bicyclic) bond motifs is 4. The van der Waals surface area contributed by atoms with Crippen molar-refractivity contribution in [2.24, 2.45) is 5.41 Å². The van der Waals surface area contributed by atoms with Crippen LogP contribution in [0.1, 0.15) is 72.0 Å². The zero-order chi connectivity index (χ0) is 33.7. The number of pyridine rings is 1. The van der Waals surface area contributed by atoms with Gasteiger partial charge in [0.2, 0.25) is 11.3 Å². The molecule has 3 unspecified atom stereocenters. The van der Waals surface area contributed by atoms with Crippen molar-refractivity contribution in [1.82, 2.24) is 19.7 Å². The number of amides is 3. The summed E-state index contributed by atoms with van der Waals surface area (Å²) in [5.74, 6) is -6.93. The second-order valence-electron chi connectivity index (χ2n) is 12.7. The lowest BCUT2D eigenvalue weighted by molar-refractivity contribution is -0.135. The van der Waals surface area contributed by atoms with Gasteiger partial charge in [-0.05, 0) is 44.4 Å². The second-order valence-corrected chi connectivity index (χ2v) is 12.7. The molecule has 2 aliphatic rings. The van der Waals surface area contributed by atoms with Gasteiger partial charge in [-0.3, -0.25) is 19.2 Å². The summed E-state index contributed by atoms with van der Waals surface area (Å²) in [5.41, 5.74) is -4.00. The monoisotopic (exact) mass is 642 g/mol. The van der Waals surface area contributed by atoms with E-state index in [-0.39, 0.29) is 37.2 Å². The van der Waals surface area contributed by atoms with Crippen LogP contribution in [0.15, 0.2) is 47.4 Å². The van der Waals surface area contributed by atoms with Gasteiger partial charge >= 0.3 is 0 Å². The molecule has 0 aliphatic carbocycles. The third-order valence-corrected chi connectivity index (χ3v) is 9.68. The predicted molar refractivity (Wildman–Crippen MR) is 159 cm³/mol. The van der Waals surface area contributed by atoms with E-state index in [1.165, 1.54) is 21.6 Å². The Labute approximate surface area is 262 Å². The largest absolute Gasteiger partial charge is 0.503 e. The van der Waals surface area contributed by atoms with E-state index in [4.69, 9.17) is 0 Å². The molecule has 13 heteroatoms. The van der Waals surface area contributed by atoms with Crippen LogP contribution in [0, 0.1) is 28.7 Å². The minimum atomic E-state index is -1.24. The number of nitrogens with one attached hydrogen (secondary N) is 1. The Balaban J connectivity index is 1.52. The lowest BCUT2D eigenvalue weighted by atomic mass is 9.66. The van der Waals surface area contributed by atoms with Gasteiger partial charge in [-0.1, -0.05) is 19.1 Å². The SMILES string of the molecule is CC1CCC(C)(CC(=O)N(C)Cc2ccc(F)cc2)C2(C)CN1C(=O)c1c(O)c(=O)c(C(=O)NCc3c(F)cc(F)cc3F)cn12. The topological polar surface area (TPSA) is 112 Å². The lowest BCUT2D eigenvalue weighted by Gasteiger charge is -2.52. The first kappa shape index (κ1) is 32.7. The highest BCUT2D eigenvalue weighted by Gasteiger charge is 2.55. The van der Waals surface area contributed by atoms with E-state index in [0.29, 0.717) is 25.0 Å². The molecule has 5 rings (SSSR count). The van der Waals surface area contributed by atoms with Gasteiger partial charge in [0.1, 0.15) is 28.8 Å². The molecule has 0 spiro atoms. The smallest absolute Gasteiger partial charge is 0.274 e. The molecule has 2 N–H and O–H groups in total. The average Bonchev–Trinajstić information content (AvgIpc) is 3.07. The van der Waals surface area contributed by atoms with Crippen molar-refractivity contribution in [3.05, 3.63) is 98.5 Å². The van der Waals surface area contributed by atoms with Crippen molar-refractivity contribution in [3.8, 4) is 5.75 Å². The molecule has 1 aromatic heterocycles. The summed E-state index contributed by atoms with van der Waals surface area (Å²) < 4.78 is 56.5. The molecular formula is C33H34F4N4O5. The van der Waals surface area contributed by atoms with Crippen molar-refractivity contribution >= 4 is 17.7 Å². The minimum absolute atomic E-state index is 0.00702. The van der Waals surface area contributed by atoms with Gasteiger partial charge in [-0.15, -0.1) is 0 Å². The highest BCUT2D eigenvalue weighted by Crippen LogP contribution is 2.51. The predicted octanol–water partition coefficient (Wildman–Crippen LogP) is 4.45. The van der Waals surface area contributed by atoms with Gasteiger partial charge in [0.05, 0.1) is 5.54 Å². The van der Waals surface area contributed by atoms with Crippen LogP contribution in [0.3, 0.4) is 0 Å². The maximum atomic E-state index is 14.2. The van der Waals surface area contributed by atoms with Gasteiger partial charge in [-0.25, -0.2) is 17.6 Å². The molecule has 2 aliphatic heterocycles. The molecule has 0 saturated carbocycles. The molecule has 3 atom stereocenters. The third-order valence-electron chi connectivity index (χ3n) is 9.68. The Hall–Kier alpha value is -4.68. The number of benzene rings is 2. The van der Waals surface area contributed by atoms with Gasteiger partial charge in [0.25, 0.3) is 11.8 Å². The van der Waals surface area contributed by atoms with Crippen molar-refractivity contribution in [3.63, 3.8) is 0 Å². The number of hydrogen-bond acceptors (Lipinski definition) is 5. The van der Waals surface area contributed by atoms with Gasteiger partial charge in [0, 0.05) is 68.5 Å². The number of hydrogen-bond donors (Lipinski definition) is 2. The molecule has 3 amide bonds. The van der Waals surface area contributed by atoms with Crippen LogP contribution in [0.2, 0.25) is 0 Å². The summed E-state index contributed by atoms with van der Waals surface area (Å²) in [5, 5.41) is 13.3. The van der Waals surface area contributed by atoms with E-state index in [0.717, 1.165) is 11.8 Å². The fourth-order valence-electron chi connectivity index (χ4n) is 6.47. The minimum Gasteiger partial charge on any atom is -0.503 e. The van der Waals surface area contributed by atoms with Gasteiger partial charge in [0.15, 0.2) is 11.4 Å². The molecule has 2 bridgehead atoms. The Morgan fingerprint density at radius 1 is 1.04 bits per heavy atom. The lowest BCUT2D eigenvalue weighted by Crippen LogP contribution is -2.60. The van der Waals surface area contributed by atoms with Gasteiger partial charge < -0.3 is 24.8 Å². The van der Waals surface area contributed by atoms with Crippen molar-refractivity contribution < 1.29 is 37.1 Å². The zero-order valence-corrected chi connectivity index (χ0v) is 25.8. The first-order valence-electron chi connectivity index (χ1n) is 14.8. The Morgan fingerprint density at radius 3 is 2.30 bits per heavy atom. The molecule has 1 saturated heterocycles. The third kappa shape index (κ3) is 5.62. The van der Waals surface area contributed by atoms with Crippen LogP contribution in [-0.4, -0.2) is 56.8 Å². The molecule has 46 heavy (non-hydrogen) atoms. The molecule has 9 nitrogen and oxygen atoms in total. The zero-order valence-electron chi connectivity index (χ0n) is 25.8. The van der Waals surface area contributed by atoms with E-state index in [1.807, 2.05) is 13.8 Å². The van der Waals surface area contributed by atoms with Crippen molar-refractivity contribution in [2.45, 2.75) is 64.7 Å².